The normalized spacial score (nSPS) is 10.7. The molecule has 0 spiro atoms. The van der Waals surface area contributed by atoms with Crippen molar-refractivity contribution >= 4 is 35.3 Å². The van der Waals surface area contributed by atoms with Gasteiger partial charge in [0, 0.05) is 37.2 Å². The van der Waals surface area contributed by atoms with Gasteiger partial charge in [0.1, 0.15) is 15.1 Å². The van der Waals surface area contributed by atoms with Crippen LogP contribution in [0.15, 0.2) is 86.3 Å². The fourth-order valence-corrected chi connectivity index (χ4v) is 3.96. The number of hydrogen-bond donors (Lipinski definition) is 0. The number of nitrogens with zero attached hydrogens (tertiary/aromatic N) is 9. The van der Waals surface area contributed by atoms with Crippen molar-refractivity contribution in [1.82, 2.24) is 44.9 Å². The highest BCUT2D eigenvalue weighted by atomic mass is 32.2. The van der Waals surface area contributed by atoms with Crippen molar-refractivity contribution < 1.29 is 0 Å². The van der Waals surface area contributed by atoms with E-state index in [4.69, 9.17) is 0 Å². The van der Waals surface area contributed by atoms with Gasteiger partial charge in [0.25, 0.3) is 0 Å². The van der Waals surface area contributed by atoms with Crippen LogP contribution in [0.4, 0.5) is 0 Å². The SMILES string of the molecule is c1cnc(Sc2nc(Sc3cnccn3)nc(Sc3cnccn3)n2)cn1. The Balaban J connectivity index is 1.64. The summed E-state index contributed by atoms with van der Waals surface area (Å²) in [4.78, 5) is 38.4. The van der Waals surface area contributed by atoms with Gasteiger partial charge in [-0.05, 0) is 35.3 Å². The average Bonchev–Trinajstić information content (AvgIpc) is 2.70. The van der Waals surface area contributed by atoms with Crippen LogP contribution in [0.1, 0.15) is 0 Å². The topological polar surface area (TPSA) is 116 Å². The van der Waals surface area contributed by atoms with Gasteiger partial charge in [0.2, 0.25) is 0 Å². The summed E-state index contributed by atoms with van der Waals surface area (Å²) in [7, 11) is 0. The molecule has 4 aromatic heterocycles. The molecule has 0 saturated heterocycles. The molecule has 0 aromatic carbocycles. The second-order valence-corrected chi connectivity index (χ2v) is 7.58. The zero-order chi connectivity index (χ0) is 18.3. The van der Waals surface area contributed by atoms with E-state index in [0.717, 1.165) is 0 Å². The minimum atomic E-state index is 0.503. The summed E-state index contributed by atoms with van der Waals surface area (Å²) in [6.45, 7) is 0. The average molecular weight is 412 g/mol. The zero-order valence-electron chi connectivity index (χ0n) is 13.4. The largest absolute Gasteiger partial charge is 0.260 e. The maximum Gasteiger partial charge on any atom is 0.199 e. The fraction of sp³-hybridized carbons (Fsp3) is 0. The van der Waals surface area contributed by atoms with Crippen LogP contribution in [0.25, 0.3) is 0 Å². The van der Waals surface area contributed by atoms with Crippen LogP contribution in [-0.4, -0.2) is 44.9 Å². The van der Waals surface area contributed by atoms with Gasteiger partial charge in [-0.3, -0.25) is 15.0 Å². The van der Waals surface area contributed by atoms with Gasteiger partial charge < -0.3 is 0 Å². The molecule has 4 aromatic rings. The minimum Gasteiger partial charge on any atom is -0.260 e. The molecule has 0 fully saturated rings. The van der Waals surface area contributed by atoms with Crippen molar-refractivity contribution in [2.24, 2.45) is 0 Å². The van der Waals surface area contributed by atoms with Crippen molar-refractivity contribution in [1.29, 1.82) is 0 Å². The molecule has 0 atom stereocenters. The quantitative estimate of drug-likeness (QED) is 0.464. The zero-order valence-corrected chi connectivity index (χ0v) is 15.9. The predicted octanol–water partition coefficient (Wildman–Crippen LogP) is 2.70. The molecule has 27 heavy (non-hydrogen) atoms. The van der Waals surface area contributed by atoms with E-state index in [0.29, 0.717) is 30.5 Å². The third kappa shape index (κ3) is 5.15. The molecule has 0 unspecified atom stereocenters. The summed E-state index contributed by atoms with van der Waals surface area (Å²) in [5, 5.41) is 3.58. The minimum absolute atomic E-state index is 0.503. The van der Waals surface area contributed by atoms with Crippen LogP contribution >= 0.6 is 35.3 Å². The Morgan fingerprint density at radius 3 is 1.04 bits per heavy atom. The summed E-state index contributed by atoms with van der Waals surface area (Å²) >= 11 is 3.91. The first kappa shape index (κ1) is 17.7. The lowest BCUT2D eigenvalue weighted by Crippen LogP contribution is -1.98. The lowest BCUT2D eigenvalue weighted by Gasteiger charge is -2.05. The highest BCUT2D eigenvalue weighted by molar-refractivity contribution is 8.00. The highest BCUT2D eigenvalue weighted by Gasteiger charge is 2.12. The van der Waals surface area contributed by atoms with Gasteiger partial charge in [-0.25, -0.2) is 15.0 Å². The molecule has 0 aliphatic heterocycles. The molecule has 4 rings (SSSR count). The van der Waals surface area contributed by atoms with E-state index >= 15 is 0 Å². The summed E-state index contributed by atoms with van der Waals surface area (Å²) in [6, 6.07) is 0. The summed E-state index contributed by atoms with van der Waals surface area (Å²) in [5.41, 5.74) is 0. The third-order valence-corrected chi connectivity index (χ3v) is 5.14. The fourth-order valence-electron chi connectivity index (χ4n) is 1.75. The summed E-state index contributed by atoms with van der Waals surface area (Å²) in [5.74, 6) is 0. The van der Waals surface area contributed by atoms with Crippen molar-refractivity contribution in [2.75, 3.05) is 0 Å². The van der Waals surface area contributed by atoms with E-state index in [2.05, 4.69) is 44.9 Å². The predicted molar refractivity (Wildman–Crippen MR) is 98.3 cm³/mol. The molecule has 132 valence electrons. The first-order valence-corrected chi connectivity index (χ1v) is 9.88. The monoisotopic (exact) mass is 411 g/mol. The van der Waals surface area contributed by atoms with Crippen molar-refractivity contribution in [3.05, 3.63) is 55.8 Å². The molecule has 0 saturated carbocycles. The van der Waals surface area contributed by atoms with E-state index in [9.17, 15) is 0 Å². The smallest absolute Gasteiger partial charge is 0.199 e. The first-order chi connectivity index (χ1) is 13.3. The van der Waals surface area contributed by atoms with Crippen LogP contribution in [-0.2, 0) is 0 Å². The van der Waals surface area contributed by atoms with Crippen LogP contribution in [0.5, 0.6) is 0 Å². The molecule has 0 amide bonds. The van der Waals surface area contributed by atoms with Crippen LogP contribution < -0.4 is 0 Å². The lowest BCUT2D eigenvalue weighted by molar-refractivity contribution is 0.714. The van der Waals surface area contributed by atoms with Gasteiger partial charge >= 0.3 is 0 Å². The molecule has 0 aliphatic carbocycles. The summed E-state index contributed by atoms with van der Waals surface area (Å²) < 4.78 is 0. The van der Waals surface area contributed by atoms with Gasteiger partial charge in [-0.1, -0.05) is 0 Å². The Labute approximate surface area is 166 Å². The molecule has 0 N–H and O–H groups in total. The second kappa shape index (κ2) is 8.79. The van der Waals surface area contributed by atoms with Crippen LogP contribution in [0.2, 0.25) is 0 Å². The lowest BCUT2D eigenvalue weighted by atomic mass is 10.8. The molecular weight excluding hydrogens is 402 g/mol. The molecule has 0 aliphatic rings. The van der Waals surface area contributed by atoms with E-state index in [1.54, 1.807) is 55.8 Å². The van der Waals surface area contributed by atoms with E-state index in [1.807, 2.05) is 0 Å². The van der Waals surface area contributed by atoms with Crippen molar-refractivity contribution in [3.63, 3.8) is 0 Å². The Morgan fingerprint density at radius 2 is 0.778 bits per heavy atom. The molecular formula is C15H9N9S3. The Morgan fingerprint density at radius 1 is 0.444 bits per heavy atom. The number of aromatic nitrogens is 9. The first-order valence-electron chi connectivity index (χ1n) is 7.43. The highest BCUT2D eigenvalue weighted by Crippen LogP contribution is 2.30. The standard InChI is InChI=1S/C15H9N9S3/c1-4-19-10(7-16-1)25-13-22-14(26-11-8-17-2-5-20-11)24-15(23-13)27-12-9-18-3-6-21-12/h1-9H. The summed E-state index contributed by atoms with van der Waals surface area (Å²) in [6.07, 6.45) is 14.7. The molecule has 0 radical (unpaired) electrons. The maximum atomic E-state index is 4.48. The third-order valence-electron chi connectivity index (χ3n) is 2.78. The number of hydrogen-bond acceptors (Lipinski definition) is 12. The van der Waals surface area contributed by atoms with E-state index < -0.39 is 0 Å². The van der Waals surface area contributed by atoms with Crippen LogP contribution in [0.3, 0.4) is 0 Å². The van der Waals surface area contributed by atoms with Gasteiger partial charge in [0.05, 0.1) is 18.6 Å². The molecule has 0 bridgehead atoms. The van der Waals surface area contributed by atoms with E-state index in [-0.39, 0.29) is 0 Å². The van der Waals surface area contributed by atoms with Gasteiger partial charge in [-0.2, -0.15) is 15.0 Å². The molecule has 9 nitrogen and oxygen atoms in total. The van der Waals surface area contributed by atoms with Gasteiger partial charge in [0.15, 0.2) is 15.5 Å². The molecule has 12 heteroatoms. The van der Waals surface area contributed by atoms with Crippen molar-refractivity contribution in [2.45, 2.75) is 30.5 Å². The van der Waals surface area contributed by atoms with Crippen LogP contribution in [0, 0.1) is 0 Å². The molecule has 4 heterocycles. The Hall–Kier alpha value is -2.70. The Bertz CT molecular complexity index is 862. The Kier molecular flexibility index (Phi) is 5.76. The number of rotatable bonds is 6. The maximum absolute atomic E-state index is 4.48. The van der Waals surface area contributed by atoms with Crippen molar-refractivity contribution in [3.8, 4) is 0 Å². The van der Waals surface area contributed by atoms with E-state index in [1.165, 1.54) is 35.3 Å². The second-order valence-electron chi connectivity index (χ2n) is 4.62. The van der Waals surface area contributed by atoms with Gasteiger partial charge in [-0.15, -0.1) is 0 Å².